The Morgan fingerprint density at radius 2 is 2.21 bits per heavy atom. The zero-order valence-corrected chi connectivity index (χ0v) is 12.0. The second-order valence-corrected chi connectivity index (χ2v) is 5.40. The van der Waals surface area contributed by atoms with Crippen LogP contribution in [0.4, 0.5) is 5.82 Å². The third kappa shape index (κ3) is 3.41. The van der Waals surface area contributed by atoms with Crippen LogP contribution in [0.25, 0.3) is 0 Å². The van der Waals surface area contributed by atoms with Crippen LogP contribution in [0.15, 0.2) is 23.4 Å². The van der Waals surface area contributed by atoms with E-state index in [9.17, 15) is 4.79 Å². The van der Waals surface area contributed by atoms with Gasteiger partial charge in [0.2, 0.25) is 0 Å². The number of hydrogen-bond donors (Lipinski definition) is 1. The highest BCUT2D eigenvalue weighted by molar-refractivity contribution is 7.11. The summed E-state index contributed by atoms with van der Waals surface area (Å²) in [5.41, 5.74) is -0.0726. The molecule has 0 fully saturated rings. The van der Waals surface area contributed by atoms with Gasteiger partial charge in [-0.05, 0) is 12.8 Å². The van der Waals surface area contributed by atoms with Crippen LogP contribution < -0.4 is 10.9 Å². The minimum absolute atomic E-state index is 0.0726. The van der Waals surface area contributed by atoms with E-state index in [2.05, 4.69) is 22.2 Å². The second-order valence-electron chi connectivity index (χ2n) is 4.20. The van der Waals surface area contributed by atoms with Crippen molar-refractivity contribution in [3.05, 3.63) is 38.8 Å². The Balaban J connectivity index is 2.07. The first-order chi connectivity index (χ1) is 9.24. The van der Waals surface area contributed by atoms with Gasteiger partial charge in [0.15, 0.2) is 5.82 Å². The Bertz CT molecular complexity index is 590. The quantitative estimate of drug-likeness (QED) is 0.880. The van der Waals surface area contributed by atoms with Crippen molar-refractivity contribution in [3.8, 4) is 0 Å². The molecule has 0 aliphatic heterocycles. The molecule has 0 spiro atoms. The molecule has 6 heteroatoms. The van der Waals surface area contributed by atoms with E-state index < -0.39 is 0 Å². The first-order valence-electron chi connectivity index (χ1n) is 6.47. The van der Waals surface area contributed by atoms with Crippen molar-refractivity contribution in [3.63, 3.8) is 0 Å². The summed E-state index contributed by atoms with van der Waals surface area (Å²) in [6.45, 7) is 5.41. The highest BCUT2D eigenvalue weighted by Crippen LogP contribution is 2.13. The average molecular weight is 278 g/mol. The molecule has 0 amide bonds. The van der Waals surface area contributed by atoms with E-state index in [1.54, 1.807) is 28.3 Å². The number of nitrogens with one attached hydrogen (secondary N) is 1. The fraction of sp³-hybridized carbons (Fsp3) is 0.462. The fourth-order valence-corrected chi connectivity index (χ4v) is 2.54. The SMILES string of the molecule is CCCn1ccnc(NCc2ncc(CC)s2)c1=O. The molecule has 2 rings (SSSR count). The van der Waals surface area contributed by atoms with E-state index in [0.717, 1.165) is 17.8 Å². The number of rotatable bonds is 6. The molecule has 1 N–H and O–H groups in total. The van der Waals surface area contributed by atoms with Gasteiger partial charge >= 0.3 is 0 Å². The number of thiazole rings is 1. The Labute approximate surface area is 116 Å². The molecule has 0 aromatic carbocycles. The standard InChI is InChI=1S/C13H18N4OS/c1-3-6-17-7-5-14-12(13(17)18)16-9-11-15-8-10(4-2)19-11/h5,7-8H,3-4,6,9H2,1-2H3,(H,14,16). The van der Waals surface area contributed by atoms with Gasteiger partial charge < -0.3 is 9.88 Å². The molecule has 0 radical (unpaired) electrons. The molecular weight excluding hydrogens is 260 g/mol. The van der Waals surface area contributed by atoms with Gasteiger partial charge in [-0.15, -0.1) is 11.3 Å². The van der Waals surface area contributed by atoms with E-state index in [0.29, 0.717) is 18.9 Å². The Hall–Kier alpha value is -1.69. The van der Waals surface area contributed by atoms with E-state index in [-0.39, 0.29) is 5.56 Å². The Morgan fingerprint density at radius 3 is 2.89 bits per heavy atom. The normalized spacial score (nSPS) is 10.6. The minimum atomic E-state index is -0.0726. The lowest BCUT2D eigenvalue weighted by atomic mass is 10.4. The average Bonchev–Trinajstić information content (AvgIpc) is 2.88. The number of anilines is 1. The van der Waals surface area contributed by atoms with Crippen LogP contribution in [0.1, 0.15) is 30.2 Å². The van der Waals surface area contributed by atoms with Crippen LogP contribution in [0, 0.1) is 0 Å². The van der Waals surface area contributed by atoms with E-state index >= 15 is 0 Å². The smallest absolute Gasteiger partial charge is 0.293 e. The lowest BCUT2D eigenvalue weighted by molar-refractivity contribution is 0.649. The maximum absolute atomic E-state index is 12.1. The predicted octanol–water partition coefficient (Wildman–Crippen LogP) is 2.28. The maximum atomic E-state index is 12.1. The van der Waals surface area contributed by atoms with Crippen LogP contribution in [0.5, 0.6) is 0 Å². The molecule has 0 saturated heterocycles. The molecule has 0 bridgehead atoms. The molecule has 5 nitrogen and oxygen atoms in total. The van der Waals surface area contributed by atoms with E-state index in [1.807, 2.05) is 13.1 Å². The van der Waals surface area contributed by atoms with Crippen molar-refractivity contribution in [2.45, 2.75) is 39.8 Å². The van der Waals surface area contributed by atoms with Crippen molar-refractivity contribution in [1.29, 1.82) is 0 Å². The van der Waals surface area contributed by atoms with Gasteiger partial charge in [0.1, 0.15) is 5.01 Å². The van der Waals surface area contributed by atoms with Gasteiger partial charge in [0.05, 0.1) is 6.54 Å². The molecule has 2 aromatic rings. The van der Waals surface area contributed by atoms with Gasteiger partial charge in [-0.3, -0.25) is 4.79 Å². The Kier molecular flexibility index (Phi) is 4.68. The van der Waals surface area contributed by atoms with Crippen LogP contribution >= 0.6 is 11.3 Å². The summed E-state index contributed by atoms with van der Waals surface area (Å²) in [6, 6.07) is 0. The summed E-state index contributed by atoms with van der Waals surface area (Å²) in [5.74, 6) is 0.393. The van der Waals surface area contributed by atoms with Gasteiger partial charge in [-0.2, -0.15) is 0 Å². The molecule has 0 aliphatic rings. The van der Waals surface area contributed by atoms with Gasteiger partial charge in [-0.25, -0.2) is 9.97 Å². The van der Waals surface area contributed by atoms with E-state index in [1.165, 1.54) is 4.88 Å². The summed E-state index contributed by atoms with van der Waals surface area (Å²) in [5, 5.41) is 4.04. The lowest BCUT2D eigenvalue weighted by Crippen LogP contribution is -2.24. The third-order valence-corrected chi connectivity index (χ3v) is 3.88. The first-order valence-corrected chi connectivity index (χ1v) is 7.29. The van der Waals surface area contributed by atoms with E-state index in [4.69, 9.17) is 0 Å². The van der Waals surface area contributed by atoms with Crippen molar-refractivity contribution in [1.82, 2.24) is 14.5 Å². The lowest BCUT2D eigenvalue weighted by Gasteiger charge is -2.06. The third-order valence-electron chi connectivity index (χ3n) is 2.74. The largest absolute Gasteiger partial charge is 0.359 e. The maximum Gasteiger partial charge on any atom is 0.293 e. The summed E-state index contributed by atoms with van der Waals surface area (Å²) in [4.78, 5) is 21.7. The topological polar surface area (TPSA) is 59.8 Å². The molecule has 0 aliphatic carbocycles. The van der Waals surface area contributed by atoms with Crippen molar-refractivity contribution >= 4 is 17.2 Å². The number of aromatic nitrogens is 3. The summed E-state index contributed by atoms with van der Waals surface area (Å²) >= 11 is 1.66. The number of nitrogens with zero attached hydrogens (tertiary/aromatic N) is 3. The van der Waals surface area contributed by atoms with Crippen LogP contribution in [0.3, 0.4) is 0 Å². The van der Waals surface area contributed by atoms with Gasteiger partial charge in [-0.1, -0.05) is 13.8 Å². The summed E-state index contributed by atoms with van der Waals surface area (Å²) in [6.07, 6.45) is 7.17. The van der Waals surface area contributed by atoms with Crippen LogP contribution in [0.2, 0.25) is 0 Å². The highest BCUT2D eigenvalue weighted by atomic mass is 32.1. The number of hydrogen-bond acceptors (Lipinski definition) is 5. The molecule has 0 unspecified atom stereocenters. The molecule has 102 valence electrons. The van der Waals surface area contributed by atoms with Crippen LogP contribution in [-0.2, 0) is 19.5 Å². The van der Waals surface area contributed by atoms with Gasteiger partial charge in [0, 0.05) is 30.0 Å². The molecular formula is C13H18N4OS. The van der Waals surface area contributed by atoms with Gasteiger partial charge in [0.25, 0.3) is 5.56 Å². The molecule has 0 atom stereocenters. The molecule has 2 aromatic heterocycles. The fourth-order valence-electron chi connectivity index (χ4n) is 1.74. The molecule has 0 saturated carbocycles. The molecule has 2 heterocycles. The monoisotopic (exact) mass is 278 g/mol. The van der Waals surface area contributed by atoms with Crippen molar-refractivity contribution in [2.75, 3.05) is 5.32 Å². The zero-order valence-electron chi connectivity index (χ0n) is 11.2. The summed E-state index contributed by atoms with van der Waals surface area (Å²) in [7, 11) is 0. The number of aryl methyl sites for hydroxylation is 2. The Morgan fingerprint density at radius 1 is 1.37 bits per heavy atom. The first kappa shape index (κ1) is 13.7. The predicted molar refractivity (Wildman–Crippen MR) is 77.6 cm³/mol. The zero-order chi connectivity index (χ0) is 13.7. The summed E-state index contributed by atoms with van der Waals surface area (Å²) < 4.78 is 1.68. The minimum Gasteiger partial charge on any atom is -0.359 e. The van der Waals surface area contributed by atoms with Crippen molar-refractivity contribution in [2.24, 2.45) is 0 Å². The highest BCUT2D eigenvalue weighted by Gasteiger charge is 2.05. The van der Waals surface area contributed by atoms with Crippen molar-refractivity contribution < 1.29 is 0 Å². The molecule has 19 heavy (non-hydrogen) atoms. The van der Waals surface area contributed by atoms with Crippen LogP contribution in [-0.4, -0.2) is 14.5 Å². The second kappa shape index (κ2) is 6.47.